The Labute approximate surface area is 128 Å². The molecule has 2 aromatic carbocycles. The van der Waals surface area contributed by atoms with Gasteiger partial charge in [0.05, 0.1) is 22.8 Å². The van der Waals surface area contributed by atoms with Crippen molar-refractivity contribution in [1.29, 1.82) is 0 Å². The molecule has 0 aliphatic heterocycles. The van der Waals surface area contributed by atoms with Crippen molar-refractivity contribution in [1.82, 2.24) is 9.55 Å². The van der Waals surface area contributed by atoms with Crippen LogP contribution in [0.4, 0.5) is 0 Å². The minimum absolute atomic E-state index is 0.240. The zero-order chi connectivity index (χ0) is 15.6. The number of aromatic nitrogens is 2. The molecular weight excluding hydrogens is 300 g/mol. The maximum absolute atomic E-state index is 12.0. The largest absolute Gasteiger partial charge is 0.379 e. The van der Waals surface area contributed by atoms with E-state index in [-0.39, 0.29) is 5.75 Å². The fraction of sp³-hybridized carbons (Fsp3) is 0.0625. The maximum Gasteiger partial charge on any atom is 0.332 e. The lowest BCUT2D eigenvalue weighted by Crippen LogP contribution is -2.05. The van der Waals surface area contributed by atoms with Crippen molar-refractivity contribution in [3.63, 3.8) is 0 Å². The molecule has 0 bridgehead atoms. The van der Waals surface area contributed by atoms with Crippen LogP contribution in [0.3, 0.4) is 0 Å². The van der Waals surface area contributed by atoms with Crippen molar-refractivity contribution in [3.8, 4) is 5.75 Å². The SMILES string of the molecule is Cn1cnc2cc(OS(=O)(=O)/C=C/c3ccccc3)ccc21. The van der Waals surface area contributed by atoms with Gasteiger partial charge in [-0.3, -0.25) is 0 Å². The van der Waals surface area contributed by atoms with Gasteiger partial charge >= 0.3 is 10.1 Å². The molecular formula is C16H14N2O3S. The Morgan fingerprint density at radius 1 is 1.14 bits per heavy atom. The summed E-state index contributed by atoms with van der Waals surface area (Å²) in [5, 5.41) is 1.05. The number of hydrogen-bond acceptors (Lipinski definition) is 4. The fourth-order valence-electron chi connectivity index (χ4n) is 2.06. The summed E-state index contributed by atoms with van der Waals surface area (Å²) in [5.41, 5.74) is 2.38. The van der Waals surface area contributed by atoms with Crippen LogP contribution in [0.5, 0.6) is 5.75 Å². The second-order valence-electron chi connectivity index (χ2n) is 4.80. The standard InChI is InChI=1S/C16H14N2O3S/c1-18-12-17-15-11-14(7-8-16(15)18)21-22(19,20)10-9-13-5-3-2-4-6-13/h2-12H,1H3/b10-9+. The Bertz CT molecular complexity index is 928. The molecule has 1 aromatic heterocycles. The van der Waals surface area contributed by atoms with Gasteiger partial charge in [0.15, 0.2) is 0 Å². The minimum atomic E-state index is -3.81. The normalized spacial score (nSPS) is 12.0. The van der Waals surface area contributed by atoms with E-state index < -0.39 is 10.1 Å². The number of rotatable bonds is 4. The van der Waals surface area contributed by atoms with Crippen LogP contribution in [-0.2, 0) is 17.2 Å². The van der Waals surface area contributed by atoms with E-state index in [0.29, 0.717) is 5.52 Å². The smallest absolute Gasteiger partial charge is 0.332 e. The molecule has 22 heavy (non-hydrogen) atoms. The monoisotopic (exact) mass is 314 g/mol. The lowest BCUT2D eigenvalue weighted by Gasteiger charge is -2.03. The van der Waals surface area contributed by atoms with Gasteiger partial charge in [0, 0.05) is 13.1 Å². The molecule has 5 nitrogen and oxygen atoms in total. The van der Waals surface area contributed by atoms with E-state index in [0.717, 1.165) is 16.5 Å². The Morgan fingerprint density at radius 2 is 1.91 bits per heavy atom. The third-order valence-electron chi connectivity index (χ3n) is 3.14. The average Bonchev–Trinajstić information content (AvgIpc) is 2.87. The number of fused-ring (bicyclic) bond motifs is 1. The maximum atomic E-state index is 12.0. The van der Waals surface area contributed by atoms with Gasteiger partial charge in [0.25, 0.3) is 0 Å². The summed E-state index contributed by atoms with van der Waals surface area (Å²) < 4.78 is 30.9. The summed E-state index contributed by atoms with van der Waals surface area (Å²) in [5.74, 6) is 0.240. The van der Waals surface area contributed by atoms with Gasteiger partial charge in [-0.1, -0.05) is 30.3 Å². The van der Waals surface area contributed by atoms with Gasteiger partial charge < -0.3 is 8.75 Å². The van der Waals surface area contributed by atoms with Gasteiger partial charge in [-0.05, 0) is 23.8 Å². The topological polar surface area (TPSA) is 61.2 Å². The highest BCUT2D eigenvalue weighted by molar-refractivity contribution is 7.90. The summed E-state index contributed by atoms with van der Waals surface area (Å²) in [6.45, 7) is 0. The second kappa shape index (κ2) is 5.65. The quantitative estimate of drug-likeness (QED) is 0.695. The summed E-state index contributed by atoms with van der Waals surface area (Å²) >= 11 is 0. The van der Waals surface area contributed by atoms with Gasteiger partial charge in [-0.25, -0.2) is 4.98 Å². The highest BCUT2D eigenvalue weighted by Crippen LogP contribution is 2.21. The number of aryl methyl sites for hydroxylation is 1. The van der Waals surface area contributed by atoms with Crippen LogP contribution >= 0.6 is 0 Å². The molecule has 0 saturated carbocycles. The first-order chi connectivity index (χ1) is 10.5. The third kappa shape index (κ3) is 3.17. The Hall–Kier alpha value is -2.60. The van der Waals surface area contributed by atoms with E-state index in [2.05, 4.69) is 4.98 Å². The van der Waals surface area contributed by atoms with Crippen molar-refractivity contribution in [2.45, 2.75) is 0 Å². The predicted octanol–water partition coefficient (Wildman–Crippen LogP) is 2.95. The van der Waals surface area contributed by atoms with Gasteiger partial charge in [0.1, 0.15) is 5.75 Å². The van der Waals surface area contributed by atoms with Gasteiger partial charge in [-0.2, -0.15) is 8.42 Å². The van der Waals surface area contributed by atoms with Crippen LogP contribution in [0, 0.1) is 0 Å². The fourth-order valence-corrected chi connectivity index (χ4v) is 2.81. The Kier molecular flexibility index (Phi) is 3.68. The molecule has 0 fully saturated rings. The van der Waals surface area contributed by atoms with Crippen molar-refractivity contribution in [2.24, 2.45) is 7.05 Å². The Morgan fingerprint density at radius 3 is 2.68 bits per heavy atom. The number of hydrogen-bond donors (Lipinski definition) is 0. The number of imidazole rings is 1. The third-order valence-corrected chi connectivity index (χ3v) is 4.03. The molecule has 3 aromatic rings. The number of nitrogens with zero attached hydrogens (tertiary/aromatic N) is 2. The molecule has 0 saturated heterocycles. The molecule has 0 atom stereocenters. The van der Waals surface area contributed by atoms with E-state index in [1.54, 1.807) is 24.5 Å². The van der Waals surface area contributed by atoms with Crippen LogP contribution in [0.15, 0.2) is 60.3 Å². The molecule has 0 aliphatic carbocycles. The molecule has 6 heteroatoms. The molecule has 0 aliphatic rings. The van der Waals surface area contributed by atoms with Crippen LogP contribution in [-0.4, -0.2) is 18.0 Å². The van der Waals surface area contributed by atoms with Gasteiger partial charge in [0.2, 0.25) is 0 Å². The molecule has 112 valence electrons. The summed E-state index contributed by atoms with van der Waals surface area (Å²) in [4.78, 5) is 4.17. The van der Waals surface area contributed by atoms with Crippen molar-refractivity contribution in [3.05, 3.63) is 65.8 Å². The van der Waals surface area contributed by atoms with Crippen LogP contribution < -0.4 is 4.18 Å². The van der Waals surface area contributed by atoms with Crippen molar-refractivity contribution < 1.29 is 12.6 Å². The molecule has 0 amide bonds. The molecule has 0 spiro atoms. The van der Waals surface area contributed by atoms with E-state index >= 15 is 0 Å². The van der Waals surface area contributed by atoms with E-state index in [1.807, 2.05) is 41.9 Å². The molecule has 0 radical (unpaired) electrons. The van der Waals surface area contributed by atoms with Crippen molar-refractivity contribution in [2.75, 3.05) is 0 Å². The Balaban J connectivity index is 1.82. The van der Waals surface area contributed by atoms with Crippen LogP contribution in [0.1, 0.15) is 5.56 Å². The van der Waals surface area contributed by atoms with Crippen molar-refractivity contribution >= 4 is 27.2 Å². The first kappa shape index (κ1) is 14.3. The van der Waals surface area contributed by atoms with E-state index in [4.69, 9.17) is 4.18 Å². The first-order valence-corrected chi connectivity index (χ1v) is 8.09. The van der Waals surface area contributed by atoms with E-state index in [1.165, 1.54) is 6.08 Å². The van der Waals surface area contributed by atoms with E-state index in [9.17, 15) is 8.42 Å². The second-order valence-corrected chi connectivity index (χ2v) is 6.22. The molecule has 0 N–H and O–H groups in total. The van der Waals surface area contributed by atoms with Crippen LogP contribution in [0.2, 0.25) is 0 Å². The zero-order valence-corrected chi connectivity index (χ0v) is 12.7. The average molecular weight is 314 g/mol. The highest BCUT2D eigenvalue weighted by atomic mass is 32.2. The lowest BCUT2D eigenvalue weighted by molar-refractivity contribution is 0.497. The predicted molar refractivity (Wildman–Crippen MR) is 85.7 cm³/mol. The molecule has 1 heterocycles. The minimum Gasteiger partial charge on any atom is -0.379 e. The highest BCUT2D eigenvalue weighted by Gasteiger charge is 2.10. The zero-order valence-electron chi connectivity index (χ0n) is 11.9. The van der Waals surface area contributed by atoms with Gasteiger partial charge in [-0.15, -0.1) is 0 Å². The molecule has 0 unspecified atom stereocenters. The summed E-state index contributed by atoms with van der Waals surface area (Å²) in [7, 11) is -1.94. The summed E-state index contributed by atoms with van der Waals surface area (Å²) in [6.07, 6.45) is 3.16. The first-order valence-electron chi connectivity index (χ1n) is 6.62. The lowest BCUT2D eigenvalue weighted by atomic mass is 10.2. The number of benzene rings is 2. The summed E-state index contributed by atoms with van der Waals surface area (Å²) in [6, 6.07) is 14.1. The molecule has 3 rings (SSSR count). The van der Waals surface area contributed by atoms with Crippen LogP contribution in [0.25, 0.3) is 17.1 Å².